The lowest BCUT2D eigenvalue weighted by atomic mass is 10.2. The van der Waals surface area contributed by atoms with E-state index in [0.717, 1.165) is 23.5 Å². The minimum atomic E-state index is -1.00. The van der Waals surface area contributed by atoms with Crippen LogP contribution in [0.1, 0.15) is 40.1 Å². The number of hydrogen-bond acceptors (Lipinski definition) is 5. The largest absolute Gasteiger partial charge is 0.393 e. The molecule has 8 heteroatoms. The number of imidazole rings is 1. The molecule has 0 saturated heterocycles. The van der Waals surface area contributed by atoms with Gasteiger partial charge >= 0.3 is 0 Å². The number of aliphatic hydroxyl groups is 2. The summed E-state index contributed by atoms with van der Waals surface area (Å²) in [6, 6.07) is 7.52. The van der Waals surface area contributed by atoms with Crippen LogP contribution < -0.4 is 0 Å². The molecule has 0 bridgehead atoms. The third-order valence-corrected chi connectivity index (χ3v) is 4.75. The number of pyridine rings is 1. The van der Waals surface area contributed by atoms with Crippen molar-refractivity contribution in [1.82, 2.24) is 24.1 Å². The van der Waals surface area contributed by atoms with E-state index in [-0.39, 0.29) is 12.5 Å². The Bertz CT molecular complexity index is 961. The number of aryl methyl sites for hydroxylation is 2. The first kappa shape index (κ1) is 16.7. The average Bonchev–Trinajstić information content (AvgIpc) is 3.20. The minimum absolute atomic E-state index is 0.119. The maximum Gasteiger partial charge on any atom is 0.274 e. The summed E-state index contributed by atoms with van der Waals surface area (Å²) in [7, 11) is 0. The summed E-state index contributed by atoms with van der Waals surface area (Å²) in [4.78, 5) is 19.2. The van der Waals surface area contributed by atoms with Gasteiger partial charge in [-0.3, -0.25) is 9.48 Å². The zero-order valence-electron chi connectivity index (χ0n) is 14.5. The summed E-state index contributed by atoms with van der Waals surface area (Å²) in [6.45, 7) is 3.28. The molecule has 1 amide bonds. The fourth-order valence-electron chi connectivity index (χ4n) is 3.33. The van der Waals surface area contributed by atoms with Crippen LogP contribution in [-0.4, -0.2) is 53.3 Å². The summed E-state index contributed by atoms with van der Waals surface area (Å²) < 4.78 is 3.71. The molecule has 8 nitrogen and oxygen atoms in total. The van der Waals surface area contributed by atoms with Crippen molar-refractivity contribution >= 4 is 11.6 Å². The lowest BCUT2D eigenvalue weighted by molar-refractivity contribution is 0.0740. The Kier molecular flexibility index (Phi) is 4.21. The highest BCUT2D eigenvalue weighted by atomic mass is 16.3. The van der Waals surface area contributed by atoms with E-state index in [9.17, 15) is 9.90 Å². The smallest absolute Gasteiger partial charge is 0.274 e. The first-order valence-corrected chi connectivity index (χ1v) is 8.66. The Morgan fingerprint density at radius 3 is 2.96 bits per heavy atom. The molecule has 136 valence electrons. The van der Waals surface area contributed by atoms with Crippen LogP contribution in [0.5, 0.6) is 0 Å². The van der Waals surface area contributed by atoms with Gasteiger partial charge in [0.15, 0.2) is 0 Å². The van der Waals surface area contributed by atoms with Crippen LogP contribution in [0.15, 0.2) is 30.5 Å². The van der Waals surface area contributed by atoms with Gasteiger partial charge in [0.25, 0.3) is 5.91 Å². The normalized spacial score (nSPS) is 15.7. The lowest BCUT2D eigenvalue weighted by Crippen LogP contribution is -2.31. The van der Waals surface area contributed by atoms with Crippen LogP contribution in [0.2, 0.25) is 0 Å². The van der Waals surface area contributed by atoms with E-state index < -0.39 is 6.10 Å². The minimum Gasteiger partial charge on any atom is -0.393 e. The molecule has 1 aliphatic heterocycles. The second-order valence-electron chi connectivity index (χ2n) is 6.58. The number of carbonyl (C=O) groups is 1. The van der Waals surface area contributed by atoms with Gasteiger partial charge in [0.05, 0.1) is 24.5 Å². The highest BCUT2D eigenvalue weighted by Gasteiger charge is 2.24. The lowest BCUT2D eigenvalue weighted by Gasteiger charge is -2.18. The Balaban J connectivity index is 1.61. The first-order chi connectivity index (χ1) is 12.6. The molecular weight excluding hydrogens is 334 g/mol. The molecule has 1 atom stereocenters. The quantitative estimate of drug-likeness (QED) is 0.728. The summed E-state index contributed by atoms with van der Waals surface area (Å²) in [5.74, 6) is -0.119. The van der Waals surface area contributed by atoms with E-state index in [0.29, 0.717) is 31.0 Å². The highest BCUT2D eigenvalue weighted by molar-refractivity contribution is 5.93. The number of aliphatic hydroxyl groups excluding tert-OH is 2. The fourth-order valence-corrected chi connectivity index (χ4v) is 3.33. The van der Waals surface area contributed by atoms with Crippen molar-refractivity contribution in [1.29, 1.82) is 0 Å². The number of aromatic nitrogens is 4. The molecule has 0 fully saturated rings. The number of hydrogen-bond donors (Lipinski definition) is 2. The van der Waals surface area contributed by atoms with Crippen molar-refractivity contribution in [3.05, 3.63) is 53.2 Å². The standard InChI is InChI=1S/C18H21N5O3/c1-12-4-2-5-17-19-15(10-22(12)17)18(26)21-6-3-7-23-13(9-21)8-14(20-23)16(25)11-24/h2,4-5,8,10,16,24-25H,3,6-7,9,11H2,1H3/t16-/m1/s1. The molecule has 0 saturated carbocycles. The predicted molar refractivity (Wildman–Crippen MR) is 93.6 cm³/mol. The van der Waals surface area contributed by atoms with Crippen LogP contribution in [0.3, 0.4) is 0 Å². The molecule has 2 N–H and O–H groups in total. The number of carbonyl (C=O) groups excluding carboxylic acids is 1. The van der Waals surface area contributed by atoms with Gasteiger partial charge in [-0.1, -0.05) is 6.07 Å². The van der Waals surface area contributed by atoms with Crippen LogP contribution >= 0.6 is 0 Å². The maximum absolute atomic E-state index is 13.0. The van der Waals surface area contributed by atoms with Crippen LogP contribution in [0.25, 0.3) is 5.65 Å². The third kappa shape index (κ3) is 2.87. The predicted octanol–water partition coefficient (Wildman–Crippen LogP) is 0.911. The molecule has 0 unspecified atom stereocenters. The summed E-state index contributed by atoms with van der Waals surface area (Å²) in [5.41, 5.74) is 3.47. The monoisotopic (exact) mass is 355 g/mol. The van der Waals surface area contributed by atoms with Gasteiger partial charge in [0.2, 0.25) is 0 Å². The zero-order chi connectivity index (χ0) is 18.3. The van der Waals surface area contributed by atoms with Crippen molar-refractivity contribution in [3.63, 3.8) is 0 Å². The van der Waals surface area contributed by atoms with Crippen molar-refractivity contribution in [2.24, 2.45) is 0 Å². The second kappa shape index (κ2) is 6.54. The molecule has 0 spiro atoms. The van der Waals surface area contributed by atoms with Gasteiger partial charge in [0, 0.05) is 25.0 Å². The molecule has 0 radical (unpaired) electrons. The van der Waals surface area contributed by atoms with Crippen LogP contribution in [0.4, 0.5) is 0 Å². The molecule has 1 aliphatic rings. The fraction of sp³-hybridized carbons (Fsp3) is 0.389. The van der Waals surface area contributed by atoms with Gasteiger partial charge in [-0.25, -0.2) is 4.98 Å². The average molecular weight is 355 g/mol. The van der Waals surface area contributed by atoms with Crippen LogP contribution in [0, 0.1) is 6.92 Å². The van der Waals surface area contributed by atoms with Crippen molar-refractivity contribution in [2.45, 2.75) is 32.5 Å². The third-order valence-electron chi connectivity index (χ3n) is 4.75. The molecule has 0 aromatic carbocycles. The summed E-state index contributed by atoms with van der Waals surface area (Å²) >= 11 is 0. The number of rotatable bonds is 3. The van der Waals surface area contributed by atoms with Gasteiger partial charge in [-0.15, -0.1) is 0 Å². The van der Waals surface area contributed by atoms with E-state index in [1.807, 2.05) is 29.5 Å². The molecule has 26 heavy (non-hydrogen) atoms. The Hall–Kier alpha value is -2.71. The molecule has 3 aromatic rings. The van der Waals surface area contributed by atoms with Crippen molar-refractivity contribution in [2.75, 3.05) is 13.2 Å². The SMILES string of the molecule is Cc1cccc2nc(C(=O)N3CCCn4nc([C@H](O)CO)cc4C3)cn12. The van der Waals surface area contributed by atoms with E-state index in [1.165, 1.54) is 0 Å². The molecule has 0 aliphatic carbocycles. The topological polar surface area (TPSA) is 95.9 Å². The van der Waals surface area contributed by atoms with Crippen molar-refractivity contribution < 1.29 is 15.0 Å². The van der Waals surface area contributed by atoms with Crippen molar-refractivity contribution in [3.8, 4) is 0 Å². The second-order valence-corrected chi connectivity index (χ2v) is 6.58. The van der Waals surface area contributed by atoms with E-state index >= 15 is 0 Å². The molecule has 4 heterocycles. The zero-order valence-corrected chi connectivity index (χ0v) is 14.5. The summed E-state index contributed by atoms with van der Waals surface area (Å²) in [5, 5.41) is 23.2. The van der Waals surface area contributed by atoms with Gasteiger partial charge in [-0.2, -0.15) is 5.10 Å². The van der Waals surface area contributed by atoms with Gasteiger partial charge in [-0.05, 0) is 31.5 Å². The van der Waals surface area contributed by atoms with E-state index in [4.69, 9.17) is 5.11 Å². The Morgan fingerprint density at radius 1 is 1.35 bits per heavy atom. The van der Waals surface area contributed by atoms with Gasteiger partial charge < -0.3 is 19.5 Å². The molecule has 3 aromatic heterocycles. The number of fused-ring (bicyclic) bond motifs is 2. The van der Waals surface area contributed by atoms with E-state index in [1.54, 1.807) is 21.8 Å². The van der Waals surface area contributed by atoms with Crippen LogP contribution in [-0.2, 0) is 13.1 Å². The van der Waals surface area contributed by atoms with Gasteiger partial charge in [0.1, 0.15) is 17.4 Å². The molecular formula is C18H21N5O3. The van der Waals surface area contributed by atoms with E-state index in [2.05, 4.69) is 10.1 Å². The highest BCUT2D eigenvalue weighted by Crippen LogP contribution is 2.20. The maximum atomic E-state index is 13.0. The first-order valence-electron chi connectivity index (χ1n) is 8.66. The summed E-state index contributed by atoms with van der Waals surface area (Å²) in [6.07, 6.45) is 1.54. The molecule has 4 rings (SSSR count). The Morgan fingerprint density at radius 2 is 2.19 bits per heavy atom. The number of amides is 1. The Labute approximate surface area is 150 Å². The number of nitrogens with zero attached hydrogens (tertiary/aromatic N) is 5.